The van der Waals surface area contributed by atoms with Crippen LogP contribution in [-0.4, -0.2) is 17.9 Å². The lowest BCUT2D eigenvalue weighted by Gasteiger charge is -2.22. The summed E-state index contributed by atoms with van der Waals surface area (Å²) in [5, 5.41) is 5.93. The molecular weight excluding hydrogens is 360 g/mol. The van der Waals surface area contributed by atoms with Crippen molar-refractivity contribution >= 4 is 11.8 Å². The lowest BCUT2D eigenvalue weighted by atomic mass is 10.0. The van der Waals surface area contributed by atoms with E-state index in [-0.39, 0.29) is 17.9 Å². The Kier molecular flexibility index (Phi) is 7.17. The number of aryl methyl sites for hydroxylation is 1. The fourth-order valence-corrected chi connectivity index (χ4v) is 3.18. The highest BCUT2D eigenvalue weighted by molar-refractivity contribution is 5.97. The van der Waals surface area contributed by atoms with Gasteiger partial charge in [-0.15, -0.1) is 0 Å². The molecule has 0 spiro atoms. The zero-order chi connectivity index (χ0) is 20.5. The molecule has 0 aliphatic heterocycles. The second kappa shape index (κ2) is 10.2. The van der Waals surface area contributed by atoms with Crippen molar-refractivity contribution in [3.8, 4) is 0 Å². The predicted octanol–water partition coefficient (Wildman–Crippen LogP) is 4.30. The van der Waals surface area contributed by atoms with Gasteiger partial charge in [-0.2, -0.15) is 0 Å². The number of benzene rings is 3. The van der Waals surface area contributed by atoms with Gasteiger partial charge in [0.05, 0.1) is 0 Å². The Morgan fingerprint density at radius 3 is 1.93 bits per heavy atom. The van der Waals surface area contributed by atoms with Crippen LogP contribution >= 0.6 is 0 Å². The van der Waals surface area contributed by atoms with Crippen LogP contribution in [0, 0.1) is 0 Å². The molecule has 3 rings (SSSR count). The molecule has 4 nitrogen and oxygen atoms in total. The summed E-state index contributed by atoms with van der Waals surface area (Å²) in [6, 6.07) is 27.7. The lowest BCUT2D eigenvalue weighted by molar-refractivity contribution is -0.123. The van der Waals surface area contributed by atoms with Crippen molar-refractivity contribution in [2.24, 2.45) is 0 Å². The molecule has 148 valence electrons. The molecule has 29 heavy (non-hydrogen) atoms. The molecule has 0 bridgehead atoms. The third kappa shape index (κ3) is 6.04. The standard InChI is InChI=1S/C25H26N2O2/c1-19(17-18-20-11-5-2-6-12-20)26-25(29)23(21-13-7-3-8-14-21)27-24(28)22-15-9-4-10-16-22/h2-16,19,23H,17-18H2,1H3,(H,26,29)(H,27,28). The second-order valence-corrected chi connectivity index (χ2v) is 7.12. The molecule has 0 saturated carbocycles. The average molecular weight is 386 g/mol. The molecule has 0 aromatic heterocycles. The summed E-state index contributed by atoms with van der Waals surface area (Å²) in [5.41, 5.74) is 2.52. The van der Waals surface area contributed by atoms with Gasteiger partial charge < -0.3 is 10.6 Å². The molecule has 0 radical (unpaired) electrons. The maximum atomic E-state index is 13.0. The minimum Gasteiger partial charge on any atom is -0.352 e. The van der Waals surface area contributed by atoms with E-state index in [0.717, 1.165) is 18.4 Å². The third-order valence-electron chi connectivity index (χ3n) is 4.80. The van der Waals surface area contributed by atoms with Gasteiger partial charge in [0.25, 0.3) is 5.91 Å². The summed E-state index contributed by atoms with van der Waals surface area (Å²) in [7, 11) is 0. The normalized spacial score (nSPS) is 12.6. The first-order valence-corrected chi connectivity index (χ1v) is 9.88. The number of hydrogen-bond acceptors (Lipinski definition) is 2. The number of hydrogen-bond donors (Lipinski definition) is 2. The van der Waals surface area contributed by atoms with Crippen molar-refractivity contribution in [1.29, 1.82) is 0 Å². The average Bonchev–Trinajstić information content (AvgIpc) is 2.77. The summed E-state index contributed by atoms with van der Waals surface area (Å²) < 4.78 is 0. The van der Waals surface area contributed by atoms with Crippen LogP contribution in [0.2, 0.25) is 0 Å². The van der Waals surface area contributed by atoms with E-state index in [2.05, 4.69) is 22.8 Å². The minimum atomic E-state index is -0.747. The lowest BCUT2D eigenvalue weighted by Crippen LogP contribution is -2.43. The first-order valence-electron chi connectivity index (χ1n) is 9.88. The summed E-state index contributed by atoms with van der Waals surface area (Å²) in [6.45, 7) is 1.99. The van der Waals surface area contributed by atoms with Gasteiger partial charge in [0, 0.05) is 11.6 Å². The van der Waals surface area contributed by atoms with Gasteiger partial charge in [0.15, 0.2) is 0 Å². The molecule has 0 fully saturated rings. The molecule has 2 amide bonds. The van der Waals surface area contributed by atoms with Gasteiger partial charge in [-0.05, 0) is 43.0 Å². The van der Waals surface area contributed by atoms with Crippen molar-refractivity contribution in [1.82, 2.24) is 10.6 Å². The molecule has 2 atom stereocenters. The molecule has 2 unspecified atom stereocenters. The summed E-state index contributed by atoms with van der Waals surface area (Å²) in [4.78, 5) is 25.6. The fraction of sp³-hybridized carbons (Fsp3) is 0.200. The Morgan fingerprint density at radius 2 is 1.31 bits per heavy atom. The van der Waals surface area contributed by atoms with Crippen molar-refractivity contribution < 1.29 is 9.59 Å². The highest BCUT2D eigenvalue weighted by Crippen LogP contribution is 2.15. The van der Waals surface area contributed by atoms with E-state index in [4.69, 9.17) is 0 Å². The first kappa shape index (κ1) is 20.3. The van der Waals surface area contributed by atoms with E-state index < -0.39 is 6.04 Å². The SMILES string of the molecule is CC(CCc1ccccc1)NC(=O)C(NC(=O)c1ccccc1)c1ccccc1. The van der Waals surface area contributed by atoms with E-state index in [1.165, 1.54) is 5.56 Å². The van der Waals surface area contributed by atoms with Gasteiger partial charge in [-0.25, -0.2) is 0 Å². The van der Waals surface area contributed by atoms with E-state index in [0.29, 0.717) is 5.56 Å². The maximum absolute atomic E-state index is 13.0. The minimum absolute atomic E-state index is 0.0115. The topological polar surface area (TPSA) is 58.2 Å². The molecule has 3 aromatic carbocycles. The maximum Gasteiger partial charge on any atom is 0.252 e. The molecule has 4 heteroatoms. The smallest absolute Gasteiger partial charge is 0.252 e. The summed E-state index contributed by atoms with van der Waals surface area (Å²) >= 11 is 0. The first-order chi connectivity index (χ1) is 14.1. The van der Waals surface area contributed by atoms with Crippen molar-refractivity contribution in [2.45, 2.75) is 31.8 Å². The van der Waals surface area contributed by atoms with Crippen molar-refractivity contribution in [2.75, 3.05) is 0 Å². The summed E-state index contributed by atoms with van der Waals surface area (Å²) in [6.07, 6.45) is 1.71. The van der Waals surface area contributed by atoms with Gasteiger partial charge in [0.2, 0.25) is 5.91 Å². The van der Waals surface area contributed by atoms with Crippen LogP contribution in [0.3, 0.4) is 0 Å². The number of amides is 2. The molecule has 0 heterocycles. The quantitative estimate of drug-likeness (QED) is 0.607. The zero-order valence-electron chi connectivity index (χ0n) is 16.5. The Bertz CT molecular complexity index is 911. The van der Waals surface area contributed by atoms with Gasteiger partial charge >= 0.3 is 0 Å². The summed E-state index contributed by atoms with van der Waals surface area (Å²) in [5.74, 6) is -0.479. The van der Waals surface area contributed by atoms with E-state index in [1.807, 2.05) is 61.5 Å². The largest absolute Gasteiger partial charge is 0.352 e. The van der Waals surface area contributed by atoms with Crippen LogP contribution in [-0.2, 0) is 11.2 Å². The number of nitrogens with one attached hydrogen (secondary N) is 2. The monoisotopic (exact) mass is 386 g/mol. The Morgan fingerprint density at radius 1 is 0.759 bits per heavy atom. The van der Waals surface area contributed by atoms with Crippen LogP contribution in [0.1, 0.15) is 40.9 Å². The van der Waals surface area contributed by atoms with E-state index >= 15 is 0 Å². The Hall–Kier alpha value is -3.40. The van der Waals surface area contributed by atoms with Crippen LogP contribution in [0.4, 0.5) is 0 Å². The fourth-order valence-electron chi connectivity index (χ4n) is 3.18. The van der Waals surface area contributed by atoms with Crippen LogP contribution < -0.4 is 10.6 Å². The van der Waals surface area contributed by atoms with Crippen molar-refractivity contribution in [3.05, 3.63) is 108 Å². The molecule has 0 saturated heterocycles. The van der Waals surface area contributed by atoms with Gasteiger partial charge in [-0.1, -0.05) is 78.9 Å². The Balaban J connectivity index is 1.66. The van der Waals surface area contributed by atoms with Crippen LogP contribution in [0.5, 0.6) is 0 Å². The highest BCUT2D eigenvalue weighted by atomic mass is 16.2. The highest BCUT2D eigenvalue weighted by Gasteiger charge is 2.24. The van der Waals surface area contributed by atoms with Crippen molar-refractivity contribution in [3.63, 3.8) is 0 Å². The third-order valence-corrected chi connectivity index (χ3v) is 4.80. The molecular formula is C25H26N2O2. The van der Waals surface area contributed by atoms with Gasteiger partial charge in [-0.3, -0.25) is 9.59 Å². The second-order valence-electron chi connectivity index (χ2n) is 7.12. The molecule has 3 aromatic rings. The number of carbonyl (C=O) groups excluding carboxylic acids is 2. The molecule has 2 N–H and O–H groups in total. The Labute approximate surface area is 172 Å². The molecule has 0 aliphatic rings. The van der Waals surface area contributed by atoms with Crippen LogP contribution in [0.25, 0.3) is 0 Å². The van der Waals surface area contributed by atoms with E-state index in [9.17, 15) is 9.59 Å². The van der Waals surface area contributed by atoms with E-state index in [1.54, 1.807) is 24.3 Å². The molecule has 0 aliphatic carbocycles. The zero-order valence-corrected chi connectivity index (χ0v) is 16.5. The van der Waals surface area contributed by atoms with Crippen LogP contribution in [0.15, 0.2) is 91.0 Å². The van der Waals surface area contributed by atoms with Gasteiger partial charge in [0.1, 0.15) is 6.04 Å². The predicted molar refractivity (Wildman–Crippen MR) is 115 cm³/mol. The number of carbonyl (C=O) groups is 2. The number of rotatable bonds is 8.